The van der Waals surface area contributed by atoms with Crippen molar-refractivity contribution < 1.29 is 4.79 Å². The summed E-state index contributed by atoms with van der Waals surface area (Å²) in [4.78, 5) is 23.6. The molecule has 3 fully saturated rings. The predicted octanol–water partition coefficient (Wildman–Crippen LogP) is 5.94. The van der Waals surface area contributed by atoms with Gasteiger partial charge in [0.25, 0.3) is 5.91 Å². The standard InChI is InChI=1S/C32H38N6OS/c1-22-30(40-35-34-22)31(39)36-17-14-32(15-18-36,24-8-4-3-5-9-24)16-19-37-25-12-13-26(37)21-27(20-25)38-23(2)33-28-10-6-7-11-29(28)38/h3-11,25-27H,12-21H2,1-2H3/t25-,26+,27+. The van der Waals surface area contributed by atoms with Gasteiger partial charge in [-0.15, -0.1) is 5.10 Å². The number of carbonyl (C=O) groups is 1. The highest BCUT2D eigenvalue weighted by atomic mass is 32.1. The van der Waals surface area contributed by atoms with E-state index in [-0.39, 0.29) is 11.3 Å². The van der Waals surface area contributed by atoms with Crippen molar-refractivity contribution in [1.82, 2.24) is 28.9 Å². The van der Waals surface area contributed by atoms with Gasteiger partial charge in [-0.05, 0) is 100.0 Å². The second-order valence-corrected chi connectivity index (χ2v) is 12.9. The number of para-hydroxylation sites is 2. The number of imidazole rings is 1. The van der Waals surface area contributed by atoms with Gasteiger partial charge in [0, 0.05) is 31.2 Å². The van der Waals surface area contributed by atoms with Crippen molar-refractivity contribution in [2.45, 2.75) is 82.3 Å². The molecule has 5 heterocycles. The van der Waals surface area contributed by atoms with E-state index in [9.17, 15) is 4.79 Å². The number of amides is 1. The summed E-state index contributed by atoms with van der Waals surface area (Å²) in [6.07, 6.45) is 8.16. The molecule has 2 aromatic carbocycles. The first kappa shape index (κ1) is 25.8. The van der Waals surface area contributed by atoms with Crippen molar-refractivity contribution in [3.8, 4) is 0 Å². The lowest BCUT2D eigenvalue weighted by atomic mass is 9.70. The van der Waals surface area contributed by atoms with Crippen LogP contribution in [0.2, 0.25) is 0 Å². The largest absolute Gasteiger partial charge is 0.338 e. The van der Waals surface area contributed by atoms with E-state index in [0.717, 1.165) is 55.9 Å². The van der Waals surface area contributed by atoms with Crippen LogP contribution in [-0.4, -0.2) is 66.6 Å². The lowest BCUT2D eigenvalue weighted by Gasteiger charge is -2.45. The molecular formula is C32H38N6OS. The average molecular weight is 555 g/mol. The fourth-order valence-corrected chi connectivity index (χ4v) is 8.60. The number of fused-ring (bicyclic) bond motifs is 3. The molecule has 2 aromatic heterocycles. The molecule has 8 heteroatoms. The van der Waals surface area contributed by atoms with Gasteiger partial charge in [-0.3, -0.25) is 9.69 Å². The van der Waals surface area contributed by atoms with Crippen molar-refractivity contribution in [2.75, 3.05) is 19.6 Å². The molecule has 0 aliphatic carbocycles. The maximum atomic E-state index is 13.2. The molecule has 0 radical (unpaired) electrons. The number of rotatable bonds is 6. The lowest BCUT2D eigenvalue weighted by Crippen LogP contribution is -2.49. The summed E-state index contributed by atoms with van der Waals surface area (Å²) < 4.78 is 6.51. The molecule has 3 atom stereocenters. The van der Waals surface area contributed by atoms with Crippen LogP contribution in [0.25, 0.3) is 11.0 Å². The van der Waals surface area contributed by atoms with Gasteiger partial charge < -0.3 is 9.47 Å². The molecule has 3 aliphatic rings. The Hall–Kier alpha value is -3.10. The van der Waals surface area contributed by atoms with Crippen molar-refractivity contribution in [2.24, 2.45) is 0 Å². The van der Waals surface area contributed by atoms with E-state index in [1.165, 1.54) is 48.3 Å². The number of hydrogen-bond acceptors (Lipinski definition) is 6. The fraction of sp³-hybridized carbons (Fsp3) is 0.500. The van der Waals surface area contributed by atoms with Gasteiger partial charge in [0.1, 0.15) is 10.7 Å². The van der Waals surface area contributed by atoms with Gasteiger partial charge in [-0.2, -0.15) is 0 Å². The van der Waals surface area contributed by atoms with E-state index in [1.54, 1.807) is 0 Å². The van der Waals surface area contributed by atoms with Crippen LogP contribution >= 0.6 is 11.5 Å². The third kappa shape index (κ3) is 4.45. The van der Waals surface area contributed by atoms with Crippen LogP contribution in [0.4, 0.5) is 0 Å². The highest BCUT2D eigenvalue weighted by molar-refractivity contribution is 7.07. The minimum Gasteiger partial charge on any atom is -0.338 e. The van der Waals surface area contributed by atoms with E-state index in [0.29, 0.717) is 23.0 Å². The monoisotopic (exact) mass is 554 g/mol. The van der Waals surface area contributed by atoms with Gasteiger partial charge in [0.15, 0.2) is 0 Å². The van der Waals surface area contributed by atoms with E-state index >= 15 is 0 Å². The summed E-state index contributed by atoms with van der Waals surface area (Å²) in [6, 6.07) is 21.5. The van der Waals surface area contributed by atoms with Gasteiger partial charge >= 0.3 is 0 Å². The Balaban J connectivity index is 1.07. The highest BCUT2D eigenvalue weighted by Gasteiger charge is 2.44. The van der Waals surface area contributed by atoms with E-state index in [1.807, 2.05) is 11.8 Å². The molecule has 208 valence electrons. The zero-order valence-corrected chi connectivity index (χ0v) is 24.3. The SMILES string of the molecule is Cc1nnsc1C(=O)N1CCC(CCN2[C@@H]3CC[C@H]2C[C@@H](n2c(C)nc4ccccc42)C3)(c2ccccc2)CC1. The average Bonchev–Trinajstić information content (AvgIpc) is 3.63. The van der Waals surface area contributed by atoms with Crippen molar-refractivity contribution in [3.05, 3.63) is 76.6 Å². The summed E-state index contributed by atoms with van der Waals surface area (Å²) >= 11 is 1.22. The molecule has 0 N–H and O–H groups in total. The van der Waals surface area contributed by atoms with Crippen LogP contribution in [0.5, 0.6) is 0 Å². The highest BCUT2D eigenvalue weighted by Crippen LogP contribution is 2.45. The van der Waals surface area contributed by atoms with Crippen molar-refractivity contribution >= 4 is 28.5 Å². The molecule has 0 saturated carbocycles. The van der Waals surface area contributed by atoms with E-state index in [4.69, 9.17) is 4.98 Å². The van der Waals surface area contributed by atoms with Crippen LogP contribution in [0, 0.1) is 13.8 Å². The Morgan fingerprint density at radius 3 is 2.35 bits per heavy atom. The predicted molar refractivity (Wildman–Crippen MR) is 159 cm³/mol. The molecular weight excluding hydrogens is 516 g/mol. The molecule has 0 unspecified atom stereocenters. The topological polar surface area (TPSA) is 67.2 Å². The Kier molecular flexibility index (Phi) is 6.71. The second-order valence-electron chi connectivity index (χ2n) is 12.1. The number of carbonyl (C=O) groups excluding carboxylic acids is 1. The van der Waals surface area contributed by atoms with Crippen LogP contribution in [0.1, 0.15) is 77.7 Å². The normalized spacial score (nSPS) is 24.6. The smallest absolute Gasteiger partial charge is 0.267 e. The first-order chi connectivity index (χ1) is 19.5. The van der Waals surface area contributed by atoms with Gasteiger partial charge in [0.2, 0.25) is 0 Å². The van der Waals surface area contributed by atoms with E-state index in [2.05, 4.69) is 80.6 Å². The Bertz CT molecular complexity index is 1490. The molecule has 4 aromatic rings. The number of benzene rings is 2. The number of nitrogens with zero attached hydrogens (tertiary/aromatic N) is 6. The number of likely N-dealkylation sites (tertiary alicyclic amines) is 1. The Labute approximate surface area is 240 Å². The number of piperidine rings is 2. The summed E-state index contributed by atoms with van der Waals surface area (Å²) in [5.74, 6) is 1.24. The third-order valence-electron chi connectivity index (χ3n) is 10.1. The van der Waals surface area contributed by atoms with E-state index < -0.39 is 0 Å². The second kappa shape index (κ2) is 10.4. The molecule has 0 spiro atoms. The maximum absolute atomic E-state index is 13.2. The number of hydrogen-bond donors (Lipinski definition) is 0. The molecule has 40 heavy (non-hydrogen) atoms. The minimum atomic E-state index is 0.0941. The lowest BCUT2D eigenvalue weighted by molar-refractivity contribution is 0.0610. The van der Waals surface area contributed by atoms with Crippen LogP contribution in [-0.2, 0) is 5.41 Å². The zero-order valence-electron chi connectivity index (χ0n) is 23.5. The summed E-state index contributed by atoms with van der Waals surface area (Å²) in [7, 11) is 0. The van der Waals surface area contributed by atoms with Gasteiger partial charge in [-0.25, -0.2) is 4.98 Å². The first-order valence-electron chi connectivity index (χ1n) is 14.9. The van der Waals surface area contributed by atoms with Crippen molar-refractivity contribution in [3.63, 3.8) is 0 Å². The number of aromatic nitrogens is 4. The van der Waals surface area contributed by atoms with Crippen molar-refractivity contribution in [1.29, 1.82) is 0 Å². The fourth-order valence-electron chi connectivity index (χ4n) is 7.97. The molecule has 1 amide bonds. The third-order valence-corrected chi connectivity index (χ3v) is 10.9. The Morgan fingerprint density at radius 2 is 1.65 bits per heavy atom. The molecule has 3 saturated heterocycles. The molecule has 2 bridgehead atoms. The maximum Gasteiger partial charge on any atom is 0.267 e. The molecule has 3 aliphatic heterocycles. The first-order valence-corrected chi connectivity index (χ1v) is 15.6. The Morgan fingerprint density at radius 1 is 0.950 bits per heavy atom. The quantitative estimate of drug-likeness (QED) is 0.295. The van der Waals surface area contributed by atoms with Gasteiger partial charge in [-0.1, -0.05) is 47.0 Å². The van der Waals surface area contributed by atoms with Crippen LogP contribution in [0.15, 0.2) is 54.6 Å². The summed E-state index contributed by atoms with van der Waals surface area (Å²) in [5, 5.41) is 4.06. The number of aryl methyl sites for hydroxylation is 2. The zero-order chi connectivity index (χ0) is 27.3. The summed E-state index contributed by atoms with van der Waals surface area (Å²) in [6.45, 7) is 6.75. The molecule has 7 nitrogen and oxygen atoms in total. The summed E-state index contributed by atoms with van der Waals surface area (Å²) in [5.41, 5.74) is 4.68. The van der Waals surface area contributed by atoms with Crippen LogP contribution < -0.4 is 0 Å². The van der Waals surface area contributed by atoms with Crippen LogP contribution in [0.3, 0.4) is 0 Å². The van der Waals surface area contributed by atoms with Gasteiger partial charge in [0.05, 0.1) is 16.7 Å². The molecule has 7 rings (SSSR count). The minimum absolute atomic E-state index is 0.0941.